The molecular weight excluding hydrogens is 214 g/mol. The largest absolute Gasteiger partial charge is 0.349 e. The van der Waals surface area contributed by atoms with Crippen molar-refractivity contribution in [3.05, 3.63) is 34.9 Å². The SMILES string of the molecule is Cc1ccc2c(c1)C(=O)CC(C(=O)N(C)C)C2. The van der Waals surface area contributed by atoms with E-state index < -0.39 is 0 Å². The number of benzene rings is 1. The first kappa shape index (κ1) is 11.8. The highest BCUT2D eigenvalue weighted by Crippen LogP contribution is 2.27. The molecule has 0 spiro atoms. The number of ketones is 1. The van der Waals surface area contributed by atoms with Gasteiger partial charge in [-0.15, -0.1) is 0 Å². The van der Waals surface area contributed by atoms with E-state index in [2.05, 4.69) is 0 Å². The van der Waals surface area contributed by atoms with Crippen molar-refractivity contribution >= 4 is 11.7 Å². The van der Waals surface area contributed by atoms with Crippen LogP contribution >= 0.6 is 0 Å². The summed E-state index contributed by atoms with van der Waals surface area (Å²) in [5.41, 5.74) is 2.90. The van der Waals surface area contributed by atoms with E-state index in [1.807, 2.05) is 25.1 Å². The maximum atomic E-state index is 12.0. The van der Waals surface area contributed by atoms with Gasteiger partial charge in [0.1, 0.15) is 0 Å². The summed E-state index contributed by atoms with van der Waals surface area (Å²) in [5, 5.41) is 0. The van der Waals surface area contributed by atoms with Crippen molar-refractivity contribution in [2.24, 2.45) is 5.92 Å². The lowest BCUT2D eigenvalue weighted by molar-refractivity contribution is -0.132. The second-order valence-electron chi connectivity index (χ2n) is 4.92. The zero-order valence-electron chi connectivity index (χ0n) is 10.5. The Balaban J connectivity index is 2.31. The minimum Gasteiger partial charge on any atom is -0.349 e. The van der Waals surface area contributed by atoms with Crippen molar-refractivity contribution in [3.8, 4) is 0 Å². The van der Waals surface area contributed by atoms with Gasteiger partial charge in [0, 0.05) is 32.0 Å². The van der Waals surface area contributed by atoms with E-state index >= 15 is 0 Å². The molecule has 1 amide bonds. The lowest BCUT2D eigenvalue weighted by atomic mass is 9.82. The van der Waals surface area contributed by atoms with Gasteiger partial charge in [0.05, 0.1) is 0 Å². The van der Waals surface area contributed by atoms with E-state index in [4.69, 9.17) is 0 Å². The number of aryl methyl sites for hydroxylation is 1. The number of hydrogen-bond acceptors (Lipinski definition) is 2. The topological polar surface area (TPSA) is 37.4 Å². The molecule has 1 aromatic carbocycles. The normalized spacial score (nSPS) is 18.8. The van der Waals surface area contributed by atoms with E-state index in [0.717, 1.165) is 16.7 Å². The summed E-state index contributed by atoms with van der Waals surface area (Å²) in [6.07, 6.45) is 1.02. The molecule has 0 aromatic heterocycles. The van der Waals surface area contributed by atoms with Crippen LogP contribution in [0.4, 0.5) is 0 Å². The molecule has 0 bridgehead atoms. The zero-order chi connectivity index (χ0) is 12.6. The Morgan fingerprint density at radius 3 is 2.65 bits per heavy atom. The molecule has 0 fully saturated rings. The maximum absolute atomic E-state index is 12.0. The lowest BCUT2D eigenvalue weighted by Gasteiger charge is -2.25. The Hall–Kier alpha value is -1.64. The predicted octanol–water partition coefficient (Wildman–Crippen LogP) is 1.83. The molecule has 0 aliphatic heterocycles. The van der Waals surface area contributed by atoms with Gasteiger partial charge in [-0.2, -0.15) is 0 Å². The minimum absolute atomic E-state index is 0.0459. The van der Waals surface area contributed by atoms with Gasteiger partial charge >= 0.3 is 0 Å². The number of Topliss-reactive ketones (excluding diaryl/α,β-unsaturated/α-hetero) is 1. The molecule has 0 saturated heterocycles. The van der Waals surface area contributed by atoms with Crippen LogP contribution < -0.4 is 0 Å². The summed E-state index contributed by atoms with van der Waals surface area (Å²) in [4.78, 5) is 25.5. The van der Waals surface area contributed by atoms with Crippen molar-refractivity contribution in [1.29, 1.82) is 0 Å². The van der Waals surface area contributed by atoms with Crippen molar-refractivity contribution in [1.82, 2.24) is 4.90 Å². The van der Waals surface area contributed by atoms with Crippen LogP contribution in [0.3, 0.4) is 0 Å². The van der Waals surface area contributed by atoms with Crippen molar-refractivity contribution in [2.75, 3.05) is 14.1 Å². The maximum Gasteiger partial charge on any atom is 0.225 e. The molecule has 0 heterocycles. The Morgan fingerprint density at radius 1 is 1.29 bits per heavy atom. The van der Waals surface area contributed by atoms with Crippen molar-refractivity contribution in [2.45, 2.75) is 19.8 Å². The number of carbonyl (C=O) groups excluding carboxylic acids is 2. The van der Waals surface area contributed by atoms with Crippen LogP contribution in [-0.4, -0.2) is 30.7 Å². The number of amides is 1. The van der Waals surface area contributed by atoms with Gasteiger partial charge in [0.15, 0.2) is 5.78 Å². The Bertz CT molecular complexity index is 477. The third kappa shape index (κ3) is 2.23. The van der Waals surface area contributed by atoms with Crippen LogP contribution in [0.2, 0.25) is 0 Å². The summed E-state index contributed by atoms with van der Waals surface area (Å²) in [7, 11) is 3.47. The van der Waals surface area contributed by atoms with Gasteiger partial charge in [-0.25, -0.2) is 0 Å². The number of hydrogen-bond donors (Lipinski definition) is 0. The second kappa shape index (κ2) is 4.32. The zero-order valence-corrected chi connectivity index (χ0v) is 10.5. The van der Waals surface area contributed by atoms with Crippen LogP contribution in [0.1, 0.15) is 27.9 Å². The molecule has 3 heteroatoms. The van der Waals surface area contributed by atoms with Gasteiger partial charge in [0.2, 0.25) is 5.91 Å². The number of nitrogens with zero attached hydrogens (tertiary/aromatic N) is 1. The average molecular weight is 231 g/mol. The molecule has 1 aliphatic carbocycles. The third-order valence-corrected chi connectivity index (χ3v) is 3.25. The smallest absolute Gasteiger partial charge is 0.225 e. The summed E-state index contributed by atoms with van der Waals surface area (Å²) in [5.74, 6) is -0.0487. The standard InChI is InChI=1S/C14H17NO2/c1-9-4-5-10-7-11(14(17)15(2)3)8-13(16)12(10)6-9/h4-6,11H,7-8H2,1-3H3. The van der Waals surface area contributed by atoms with Crippen molar-refractivity contribution < 1.29 is 9.59 Å². The summed E-state index contributed by atoms with van der Waals surface area (Å²) in [6, 6.07) is 5.89. The summed E-state index contributed by atoms with van der Waals surface area (Å²) in [6.45, 7) is 1.98. The minimum atomic E-state index is -0.187. The van der Waals surface area contributed by atoms with Crippen LogP contribution in [0.25, 0.3) is 0 Å². The monoisotopic (exact) mass is 231 g/mol. The van der Waals surface area contributed by atoms with Crippen LogP contribution in [-0.2, 0) is 11.2 Å². The van der Waals surface area contributed by atoms with Crippen LogP contribution in [0, 0.1) is 12.8 Å². The molecule has 90 valence electrons. The van der Waals surface area contributed by atoms with Gasteiger partial charge < -0.3 is 4.90 Å². The van der Waals surface area contributed by atoms with E-state index in [1.54, 1.807) is 19.0 Å². The van der Waals surface area contributed by atoms with Crippen LogP contribution in [0.5, 0.6) is 0 Å². The fourth-order valence-electron chi connectivity index (χ4n) is 2.34. The second-order valence-corrected chi connectivity index (χ2v) is 4.92. The molecule has 17 heavy (non-hydrogen) atoms. The molecule has 3 nitrogen and oxygen atoms in total. The van der Waals surface area contributed by atoms with Gasteiger partial charge in [-0.05, 0) is 25.0 Å². The number of fused-ring (bicyclic) bond motifs is 1. The molecule has 0 N–H and O–H groups in total. The highest BCUT2D eigenvalue weighted by molar-refractivity contribution is 6.01. The first-order valence-electron chi connectivity index (χ1n) is 5.83. The molecule has 1 unspecified atom stereocenters. The first-order valence-corrected chi connectivity index (χ1v) is 5.83. The highest BCUT2D eigenvalue weighted by Gasteiger charge is 2.30. The molecule has 1 aliphatic rings. The van der Waals surface area contributed by atoms with E-state index in [1.165, 1.54) is 0 Å². The molecule has 1 aromatic rings. The number of rotatable bonds is 1. The predicted molar refractivity (Wildman–Crippen MR) is 66.0 cm³/mol. The summed E-state index contributed by atoms with van der Waals surface area (Å²) < 4.78 is 0. The van der Waals surface area contributed by atoms with Crippen molar-refractivity contribution in [3.63, 3.8) is 0 Å². The molecule has 1 atom stereocenters. The molecular formula is C14H17NO2. The highest BCUT2D eigenvalue weighted by atomic mass is 16.2. The quantitative estimate of drug-likeness (QED) is 0.739. The fourth-order valence-corrected chi connectivity index (χ4v) is 2.34. The average Bonchev–Trinajstić information content (AvgIpc) is 2.28. The molecule has 2 rings (SSSR count). The molecule has 0 radical (unpaired) electrons. The van der Waals surface area contributed by atoms with Crippen LogP contribution in [0.15, 0.2) is 18.2 Å². The fraction of sp³-hybridized carbons (Fsp3) is 0.429. The number of carbonyl (C=O) groups is 2. The lowest BCUT2D eigenvalue weighted by Crippen LogP contribution is -2.35. The Morgan fingerprint density at radius 2 is 2.00 bits per heavy atom. The first-order chi connectivity index (χ1) is 7.99. The van der Waals surface area contributed by atoms with E-state index in [0.29, 0.717) is 12.8 Å². The van der Waals surface area contributed by atoms with Gasteiger partial charge in [-0.1, -0.05) is 17.7 Å². The van der Waals surface area contributed by atoms with Gasteiger partial charge in [0.25, 0.3) is 0 Å². The van der Waals surface area contributed by atoms with E-state index in [9.17, 15) is 9.59 Å². The summed E-state index contributed by atoms with van der Waals surface area (Å²) >= 11 is 0. The van der Waals surface area contributed by atoms with Gasteiger partial charge in [-0.3, -0.25) is 9.59 Å². The third-order valence-electron chi connectivity index (χ3n) is 3.25. The molecule has 0 saturated carbocycles. The van der Waals surface area contributed by atoms with E-state index in [-0.39, 0.29) is 17.6 Å². The Kier molecular flexibility index (Phi) is 3.01. The Labute approximate surface area is 101 Å².